The first-order valence-corrected chi connectivity index (χ1v) is 18.6. The lowest BCUT2D eigenvalue weighted by molar-refractivity contribution is 0.278. The van der Waals surface area contributed by atoms with Gasteiger partial charge in [0.15, 0.2) is 17.5 Å². The highest BCUT2D eigenvalue weighted by Crippen LogP contribution is 2.37. The summed E-state index contributed by atoms with van der Waals surface area (Å²) in [4.78, 5) is 22.1. The number of aromatic nitrogens is 5. The van der Waals surface area contributed by atoms with E-state index in [4.69, 9.17) is 21.2 Å². The number of rotatable bonds is 11. The minimum absolute atomic E-state index is 0.272. The van der Waals surface area contributed by atoms with Crippen LogP contribution in [0.5, 0.6) is 5.88 Å². The zero-order chi connectivity index (χ0) is 35.3. The Labute approximate surface area is 326 Å². The summed E-state index contributed by atoms with van der Waals surface area (Å²) in [7, 11) is 0. The maximum Gasteiger partial charge on any atom is 0.213 e. The second-order valence-electron chi connectivity index (χ2n) is 10.9. The number of nitrogen functional groups attached to an aromatic ring is 2. The van der Waals surface area contributed by atoms with E-state index in [2.05, 4.69) is 98.2 Å². The van der Waals surface area contributed by atoms with Gasteiger partial charge in [-0.2, -0.15) is 0 Å². The fourth-order valence-electron chi connectivity index (χ4n) is 5.03. The van der Waals surface area contributed by atoms with Crippen molar-refractivity contribution < 1.29 is 4.74 Å². The van der Waals surface area contributed by atoms with E-state index < -0.39 is 0 Å². The number of fused-ring (bicyclic) bond motifs is 2. The number of azo groups is 2. The minimum Gasteiger partial charge on any atom is -0.476 e. The number of hydrogen-bond acceptors (Lipinski definition) is 14. The minimum atomic E-state index is 0.272. The van der Waals surface area contributed by atoms with E-state index in [1.807, 2.05) is 47.8 Å². The van der Waals surface area contributed by atoms with Crippen molar-refractivity contribution in [1.82, 2.24) is 28.0 Å². The Morgan fingerprint density at radius 3 is 2.33 bits per heavy atom. The fourth-order valence-corrected chi connectivity index (χ4v) is 6.90. The van der Waals surface area contributed by atoms with Crippen molar-refractivity contribution in [1.29, 1.82) is 0 Å². The molecule has 254 valence electrons. The second kappa shape index (κ2) is 15.8. The molecule has 5 aromatic heterocycles. The molecule has 0 aliphatic heterocycles. The lowest BCUT2D eigenvalue weighted by atomic mass is 10.1. The predicted octanol–water partition coefficient (Wildman–Crippen LogP) is 10.4. The van der Waals surface area contributed by atoms with Crippen molar-refractivity contribution in [3.05, 3.63) is 105 Å². The smallest absolute Gasteiger partial charge is 0.213 e. The molecule has 4 N–H and O–H groups in total. The molecule has 0 atom stereocenters. The summed E-state index contributed by atoms with van der Waals surface area (Å²) in [6.07, 6.45) is 6.79. The molecular formula is C34H25Br2IN12OS. The SMILES string of the molecule is Nc1ncc2ccc(Br)cc2c1N=Nc1ccc(OCCN(I)Cc2nc(N)c(N=Nc3ccc(-c4nccs4)cn3)c3cc(Br)ccc23)nc1. The molecule has 0 aliphatic rings. The standard InChI is InChI=1S/C34H25Br2IN12OS/c35-21-3-1-19-15-43-32(38)30(25(19)13-21)47-45-23-5-8-29(42-17-23)50-11-10-49(37)18-27-24-6-4-22(36)14-26(24)31(33(39)44-27)48-46-28-7-2-20(16-41-28)34-40-9-12-51-34/h1-9,12-17H,10-11,18H2,(H2,38,43)(H2,39,44). The summed E-state index contributed by atoms with van der Waals surface area (Å²) in [5.74, 6) is 1.48. The molecule has 0 amide bonds. The molecular weight excluding hydrogens is 911 g/mol. The van der Waals surface area contributed by atoms with Crippen LogP contribution < -0.4 is 16.2 Å². The summed E-state index contributed by atoms with van der Waals surface area (Å²) in [6, 6.07) is 19.0. The van der Waals surface area contributed by atoms with Crippen LogP contribution in [0.2, 0.25) is 0 Å². The van der Waals surface area contributed by atoms with Gasteiger partial charge >= 0.3 is 0 Å². The third-order valence-electron chi connectivity index (χ3n) is 7.47. The van der Waals surface area contributed by atoms with Gasteiger partial charge in [-0.1, -0.05) is 44.0 Å². The average molecular weight is 936 g/mol. The molecule has 0 radical (unpaired) electrons. The summed E-state index contributed by atoms with van der Waals surface area (Å²) < 4.78 is 9.78. The second-order valence-corrected chi connectivity index (χ2v) is 15.0. The molecule has 0 bridgehead atoms. The Morgan fingerprint density at radius 1 is 0.765 bits per heavy atom. The number of ether oxygens (including phenoxy) is 1. The molecule has 0 saturated heterocycles. The zero-order valence-corrected chi connectivity index (χ0v) is 32.5. The molecule has 2 aromatic carbocycles. The Kier molecular flexibility index (Phi) is 10.8. The normalized spacial score (nSPS) is 11.8. The van der Waals surface area contributed by atoms with E-state index in [1.54, 1.807) is 54.3 Å². The van der Waals surface area contributed by atoms with Gasteiger partial charge in [0.25, 0.3) is 0 Å². The first kappa shape index (κ1) is 34.9. The maximum absolute atomic E-state index is 6.46. The highest BCUT2D eigenvalue weighted by atomic mass is 127. The Hall–Kier alpha value is -4.56. The van der Waals surface area contributed by atoms with Crippen molar-refractivity contribution in [2.45, 2.75) is 6.54 Å². The lowest BCUT2D eigenvalue weighted by Crippen LogP contribution is -2.19. The van der Waals surface area contributed by atoms with Gasteiger partial charge in [-0.15, -0.1) is 31.8 Å². The maximum atomic E-state index is 6.46. The van der Waals surface area contributed by atoms with Crippen molar-refractivity contribution in [3.8, 4) is 16.5 Å². The summed E-state index contributed by atoms with van der Waals surface area (Å²) in [5.41, 5.74) is 15.8. The number of anilines is 2. The number of halogens is 3. The van der Waals surface area contributed by atoms with E-state index in [-0.39, 0.29) is 5.82 Å². The van der Waals surface area contributed by atoms with Crippen molar-refractivity contribution in [2.24, 2.45) is 20.5 Å². The number of nitrogens with zero attached hydrogens (tertiary/aromatic N) is 10. The molecule has 0 fully saturated rings. The van der Waals surface area contributed by atoms with Crippen molar-refractivity contribution in [3.63, 3.8) is 0 Å². The molecule has 0 unspecified atom stereocenters. The molecule has 13 nitrogen and oxygen atoms in total. The topological polar surface area (TPSA) is 178 Å². The highest BCUT2D eigenvalue weighted by Gasteiger charge is 2.16. The average Bonchev–Trinajstić information content (AvgIpc) is 3.67. The van der Waals surface area contributed by atoms with E-state index >= 15 is 0 Å². The molecule has 17 heteroatoms. The monoisotopic (exact) mass is 934 g/mol. The van der Waals surface area contributed by atoms with Gasteiger partial charge in [0.2, 0.25) is 5.88 Å². The number of hydrogen-bond donors (Lipinski definition) is 2. The van der Waals surface area contributed by atoms with Crippen LogP contribution >= 0.6 is 66.1 Å². The molecule has 0 aliphatic carbocycles. The van der Waals surface area contributed by atoms with Crippen LogP contribution in [-0.2, 0) is 6.54 Å². The van der Waals surface area contributed by atoms with Crippen molar-refractivity contribution in [2.75, 3.05) is 24.6 Å². The van der Waals surface area contributed by atoms with E-state index in [0.29, 0.717) is 54.3 Å². The fraction of sp³-hybridized carbons (Fsp3) is 0.0882. The van der Waals surface area contributed by atoms with Crippen LogP contribution in [-0.4, -0.2) is 41.2 Å². The predicted molar refractivity (Wildman–Crippen MR) is 216 cm³/mol. The van der Waals surface area contributed by atoms with Gasteiger partial charge in [0.05, 0.1) is 18.4 Å². The van der Waals surface area contributed by atoms with Crippen LogP contribution in [0.25, 0.3) is 32.1 Å². The number of pyridine rings is 4. The Balaban J connectivity index is 0.986. The Morgan fingerprint density at radius 2 is 1.57 bits per heavy atom. The molecule has 7 rings (SSSR count). The van der Waals surface area contributed by atoms with Crippen LogP contribution in [0.1, 0.15) is 5.69 Å². The zero-order valence-electron chi connectivity index (χ0n) is 26.4. The summed E-state index contributed by atoms with van der Waals surface area (Å²) in [6.45, 7) is 1.50. The van der Waals surface area contributed by atoms with Gasteiger partial charge in [0, 0.05) is 95.5 Å². The van der Waals surface area contributed by atoms with E-state index in [1.165, 1.54) is 0 Å². The summed E-state index contributed by atoms with van der Waals surface area (Å²) >= 11 is 10.9. The molecule has 0 spiro atoms. The first-order valence-electron chi connectivity index (χ1n) is 15.2. The number of benzene rings is 2. The van der Waals surface area contributed by atoms with Gasteiger partial charge < -0.3 is 16.2 Å². The van der Waals surface area contributed by atoms with Crippen LogP contribution in [0.4, 0.5) is 34.5 Å². The van der Waals surface area contributed by atoms with Gasteiger partial charge in [-0.3, -0.25) is 0 Å². The van der Waals surface area contributed by atoms with Crippen molar-refractivity contribution >= 4 is 122 Å². The van der Waals surface area contributed by atoms with E-state index in [0.717, 1.165) is 46.8 Å². The van der Waals surface area contributed by atoms with Crippen LogP contribution in [0.3, 0.4) is 0 Å². The first-order chi connectivity index (χ1) is 24.8. The quantitative estimate of drug-likeness (QED) is 0.0725. The Bertz CT molecular complexity index is 2390. The molecule has 5 heterocycles. The lowest BCUT2D eigenvalue weighted by Gasteiger charge is -2.17. The highest BCUT2D eigenvalue weighted by molar-refractivity contribution is 14.1. The van der Waals surface area contributed by atoms with E-state index in [9.17, 15) is 0 Å². The largest absolute Gasteiger partial charge is 0.476 e. The third kappa shape index (κ3) is 8.33. The molecule has 7 aromatic rings. The van der Waals surface area contributed by atoms with Gasteiger partial charge in [0.1, 0.15) is 28.7 Å². The number of nitrogens with two attached hydrogens (primary N) is 2. The summed E-state index contributed by atoms with van der Waals surface area (Å²) in [5, 5.41) is 23.8. The third-order valence-corrected chi connectivity index (χ3v) is 10.1. The van der Waals surface area contributed by atoms with Gasteiger partial charge in [-0.05, 0) is 42.5 Å². The van der Waals surface area contributed by atoms with Gasteiger partial charge in [-0.25, -0.2) is 28.0 Å². The molecule has 51 heavy (non-hydrogen) atoms. The van der Waals surface area contributed by atoms with Crippen LogP contribution in [0.15, 0.2) is 120 Å². The molecule has 0 saturated carbocycles. The van der Waals surface area contributed by atoms with Crippen LogP contribution in [0, 0.1) is 0 Å². The number of thiazole rings is 1.